The van der Waals surface area contributed by atoms with Gasteiger partial charge < -0.3 is 31.2 Å². The Hall–Kier alpha value is -2.97. The van der Waals surface area contributed by atoms with Crippen molar-refractivity contribution in [1.29, 1.82) is 0 Å². The fourth-order valence-electron chi connectivity index (χ4n) is 2.23. The largest absolute Gasteiger partial charge is 0.484 e. The number of rotatable bonds is 8. The number of benzene rings is 1. The zero-order chi connectivity index (χ0) is 22.1. The van der Waals surface area contributed by atoms with E-state index in [0.717, 1.165) is 5.56 Å². The fraction of sp³-hybridized carbons (Fsp3) is 0.550. The molecule has 0 aliphatic carbocycles. The van der Waals surface area contributed by atoms with Crippen molar-refractivity contribution >= 4 is 18.0 Å². The van der Waals surface area contributed by atoms with E-state index in [1.807, 2.05) is 52.8 Å². The number of hydrogen-bond donors (Lipinski definition) is 4. The second-order valence-corrected chi connectivity index (χ2v) is 8.19. The third-order valence-electron chi connectivity index (χ3n) is 3.50. The van der Waals surface area contributed by atoms with Gasteiger partial charge in [0.1, 0.15) is 11.4 Å². The number of guanidine groups is 1. The molecule has 0 unspecified atom stereocenters. The summed E-state index contributed by atoms with van der Waals surface area (Å²) in [5.74, 6) is 0.613. The number of carbonyl (C=O) groups is 2. The molecule has 1 aromatic carbocycles. The maximum absolute atomic E-state index is 12.0. The van der Waals surface area contributed by atoms with Crippen LogP contribution in [0.3, 0.4) is 0 Å². The Morgan fingerprint density at radius 2 is 1.83 bits per heavy atom. The zero-order valence-corrected chi connectivity index (χ0v) is 18.1. The number of carbonyl (C=O) groups excluding carboxylic acids is 2. The number of primary amides is 1. The summed E-state index contributed by atoms with van der Waals surface area (Å²) in [4.78, 5) is 27.0. The van der Waals surface area contributed by atoms with Crippen LogP contribution in [0.2, 0.25) is 0 Å². The molecule has 0 spiro atoms. The van der Waals surface area contributed by atoms with Crippen LogP contribution in [0.25, 0.3) is 0 Å². The van der Waals surface area contributed by atoms with Gasteiger partial charge in [-0.15, -0.1) is 0 Å². The minimum atomic E-state index is -0.555. The van der Waals surface area contributed by atoms with Crippen molar-refractivity contribution in [2.45, 2.75) is 52.3 Å². The third-order valence-corrected chi connectivity index (χ3v) is 3.50. The molecule has 1 aromatic rings. The van der Waals surface area contributed by atoms with Gasteiger partial charge in [0, 0.05) is 20.1 Å². The highest BCUT2D eigenvalue weighted by Crippen LogP contribution is 2.13. The molecule has 0 radical (unpaired) electrons. The maximum Gasteiger partial charge on any atom is 0.408 e. The van der Waals surface area contributed by atoms with Crippen molar-refractivity contribution in [2.75, 3.05) is 20.2 Å². The molecule has 0 heterocycles. The van der Waals surface area contributed by atoms with Gasteiger partial charge in [0.15, 0.2) is 12.6 Å². The first-order chi connectivity index (χ1) is 13.4. The summed E-state index contributed by atoms with van der Waals surface area (Å²) < 4.78 is 10.6. The number of nitrogens with one attached hydrogen (secondary N) is 3. The summed E-state index contributed by atoms with van der Waals surface area (Å²) >= 11 is 0. The summed E-state index contributed by atoms with van der Waals surface area (Å²) in [5, 5.41) is 9.20. The first-order valence-electron chi connectivity index (χ1n) is 9.36. The maximum atomic E-state index is 12.0. The van der Waals surface area contributed by atoms with Gasteiger partial charge in [-0.25, -0.2) is 4.79 Å². The van der Waals surface area contributed by atoms with Crippen LogP contribution in [0.5, 0.6) is 5.75 Å². The molecule has 9 heteroatoms. The van der Waals surface area contributed by atoms with Crippen LogP contribution in [0, 0.1) is 0 Å². The van der Waals surface area contributed by atoms with Crippen LogP contribution in [0.4, 0.5) is 4.79 Å². The summed E-state index contributed by atoms with van der Waals surface area (Å²) in [6, 6.07) is 7.32. The molecule has 162 valence electrons. The Balaban J connectivity index is 2.53. The van der Waals surface area contributed by atoms with Crippen LogP contribution in [0.15, 0.2) is 29.3 Å². The molecule has 29 heavy (non-hydrogen) atoms. The van der Waals surface area contributed by atoms with Crippen molar-refractivity contribution in [3.8, 4) is 5.75 Å². The van der Waals surface area contributed by atoms with Gasteiger partial charge in [-0.3, -0.25) is 9.79 Å². The number of amides is 2. The van der Waals surface area contributed by atoms with Crippen molar-refractivity contribution in [2.24, 2.45) is 10.7 Å². The fourth-order valence-corrected chi connectivity index (χ4v) is 2.23. The molecule has 0 atom stereocenters. The molecule has 0 aliphatic heterocycles. The average molecular weight is 408 g/mol. The lowest BCUT2D eigenvalue weighted by molar-refractivity contribution is -0.119. The molecule has 1 rings (SSSR count). The minimum absolute atomic E-state index is 0.167. The van der Waals surface area contributed by atoms with E-state index in [4.69, 9.17) is 15.2 Å². The van der Waals surface area contributed by atoms with Gasteiger partial charge in [-0.1, -0.05) is 12.1 Å². The van der Waals surface area contributed by atoms with Gasteiger partial charge >= 0.3 is 6.09 Å². The standard InChI is InChI=1S/C20H33N5O4/c1-19(2,3)29-18(27)25-20(4,5)13-24-17(22-6)23-11-14-8-7-9-15(10-14)28-12-16(21)26/h7-10H,11-13H2,1-6H3,(H2,21,26)(H,25,27)(H2,22,23,24). The van der Waals surface area contributed by atoms with E-state index in [1.54, 1.807) is 13.1 Å². The Kier molecular flexibility index (Phi) is 8.75. The topological polar surface area (TPSA) is 127 Å². The monoisotopic (exact) mass is 407 g/mol. The van der Waals surface area contributed by atoms with Gasteiger partial charge in [0.05, 0.1) is 5.54 Å². The van der Waals surface area contributed by atoms with E-state index in [2.05, 4.69) is 20.9 Å². The molecule has 9 nitrogen and oxygen atoms in total. The van der Waals surface area contributed by atoms with E-state index in [1.165, 1.54) is 0 Å². The molecule has 0 bridgehead atoms. The highest BCUT2D eigenvalue weighted by atomic mass is 16.6. The van der Waals surface area contributed by atoms with Crippen molar-refractivity contribution in [3.05, 3.63) is 29.8 Å². The number of nitrogens with two attached hydrogens (primary N) is 1. The Morgan fingerprint density at radius 3 is 2.41 bits per heavy atom. The molecule has 0 aliphatic rings. The normalized spacial score (nSPS) is 12.1. The van der Waals surface area contributed by atoms with E-state index in [-0.39, 0.29) is 6.61 Å². The van der Waals surface area contributed by atoms with Gasteiger partial charge in [-0.2, -0.15) is 0 Å². The van der Waals surface area contributed by atoms with Gasteiger partial charge in [0.25, 0.3) is 5.91 Å². The summed E-state index contributed by atoms with van der Waals surface area (Å²) in [5.41, 5.74) is 4.93. The summed E-state index contributed by atoms with van der Waals surface area (Å²) in [6.45, 7) is 9.99. The highest BCUT2D eigenvalue weighted by Gasteiger charge is 2.24. The third kappa shape index (κ3) is 10.8. The molecule has 0 fully saturated rings. The second-order valence-electron chi connectivity index (χ2n) is 8.19. The molecule has 5 N–H and O–H groups in total. The van der Waals surface area contributed by atoms with Gasteiger partial charge in [-0.05, 0) is 52.3 Å². The Morgan fingerprint density at radius 1 is 1.14 bits per heavy atom. The first kappa shape index (κ1) is 24.1. The molecular weight excluding hydrogens is 374 g/mol. The lowest BCUT2D eigenvalue weighted by atomic mass is 10.1. The molecular formula is C20H33N5O4. The van der Waals surface area contributed by atoms with E-state index in [0.29, 0.717) is 24.8 Å². The van der Waals surface area contributed by atoms with Crippen molar-refractivity contribution in [1.82, 2.24) is 16.0 Å². The average Bonchev–Trinajstić information content (AvgIpc) is 2.58. The summed E-state index contributed by atoms with van der Waals surface area (Å²) in [7, 11) is 1.66. The Labute approximate surface area is 172 Å². The van der Waals surface area contributed by atoms with Crippen molar-refractivity contribution in [3.63, 3.8) is 0 Å². The van der Waals surface area contributed by atoms with Crippen LogP contribution >= 0.6 is 0 Å². The lowest BCUT2D eigenvalue weighted by Gasteiger charge is -2.29. The predicted molar refractivity (Wildman–Crippen MR) is 113 cm³/mol. The zero-order valence-electron chi connectivity index (χ0n) is 18.1. The molecule has 0 aromatic heterocycles. The molecule has 0 saturated carbocycles. The van der Waals surface area contributed by atoms with Gasteiger partial charge in [0.2, 0.25) is 0 Å². The predicted octanol–water partition coefficient (Wildman–Crippen LogP) is 1.52. The number of nitrogens with zero attached hydrogens (tertiary/aromatic N) is 1. The van der Waals surface area contributed by atoms with Crippen molar-refractivity contribution < 1.29 is 19.1 Å². The number of hydrogen-bond acceptors (Lipinski definition) is 5. The Bertz CT molecular complexity index is 726. The van der Waals surface area contributed by atoms with E-state index >= 15 is 0 Å². The van der Waals surface area contributed by atoms with Crippen LogP contribution < -0.4 is 26.4 Å². The smallest absolute Gasteiger partial charge is 0.408 e. The quantitative estimate of drug-likeness (QED) is 0.382. The van der Waals surface area contributed by atoms with E-state index in [9.17, 15) is 9.59 Å². The SMILES string of the molecule is CN=C(NCc1cccc(OCC(N)=O)c1)NCC(C)(C)NC(=O)OC(C)(C)C. The number of aliphatic imine (C=N–C) groups is 1. The lowest BCUT2D eigenvalue weighted by Crippen LogP contribution is -2.54. The van der Waals surface area contributed by atoms with E-state index < -0.39 is 23.1 Å². The minimum Gasteiger partial charge on any atom is -0.484 e. The number of alkyl carbamates (subject to hydrolysis) is 1. The molecule has 0 saturated heterocycles. The highest BCUT2D eigenvalue weighted by molar-refractivity contribution is 5.80. The second kappa shape index (κ2) is 10.5. The summed E-state index contributed by atoms with van der Waals surface area (Å²) in [6.07, 6.45) is -0.472. The number of ether oxygens (including phenoxy) is 2. The first-order valence-corrected chi connectivity index (χ1v) is 9.36. The van der Waals surface area contributed by atoms with Crippen LogP contribution in [-0.2, 0) is 16.1 Å². The van der Waals surface area contributed by atoms with Crippen LogP contribution in [0.1, 0.15) is 40.2 Å². The molecule has 2 amide bonds. The van der Waals surface area contributed by atoms with Crippen LogP contribution in [-0.4, -0.2) is 49.3 Å².